The molecule has 0 spiro atoms. The van der Waals surface area contributed by atoms with Crippen LogP contribution in [0.3, 0.4) is 0 Å². The summed E-state index contributed by atoms with van der Waals surface area (Å²) in [4.78, 5) is 25.4. The van der Waals surface area contributed by atoms with Crippen molar-refractivity contribution < 1.29 is 9.59 Å². The molecule has 1 rings (SSSR count). The molecule has 5 heteroatoms. The van der Waals surface area contributed by atoms with E-state index < -0.39 is 6.03 Å². The van der Waals surface area contributed by atoms with Gasteiger partial charge in [-0.15, -0.1) is 0 Å². The van der Waals surface area contributed by atoms with Crippen molar-refractivity contribution in [2.75, 3.05) is 13.1 Å². The summed E-state index contributed by atoms with van der Waals surface area (Å²) in [6.07, 6.45) is 3.48. The number of imide groups is 1. The fourth-order valence-corrected chi connectivity index (χ4v) is 2.11. The van der Waals surface area contributed by atoms with Crippen molar-refractivity contribution in [1.29, 1.82) is 0 Å². The Hall–Kier alpha value is -1.10. The number of nitrogens with zero attached hydrogens (tertiary/aromatic N) is 1. The van der Waals surface area contributed by atoms with Crippen LogP contribution in [-0.2, 0) is 4.79 Å². The van der Waals surface area contributed by atoms with Gasteiger partial charge in [-0.3, -0.25) is 15.0 Å². The van der Waals surface area contributed by atoms with Crippen LogP contribution < -0.4 is 10.6 Å². The smallest absolute Gasteiger partial charge is 0.321 e. The molecule has 0 aliphatic carbocycles. The first-order valence-corrected chi connectivity index (χ1v) is 6.64. The quantitative estimate of drug-likeness (QED) is 0.786. The highest BCUT2D eigenvalue weighted by atomic mass is 16.2. The Bertz CT molecular complexity index is 310. The van der Waals surface area contributed by atoms with Gasteiger partial charge in [-0.25, -0.2) is 4.79 Å². The van der Waals surface area contributed by atoms with Crippen LogP contribution in [0.2, 0.25) is 0 Å². The monoisotopic (exact) mass is 255 g/mol. The molecule has 0 aromatic carbocycles. The van der Waals surface area contributed by atoms with Crippen molar-refractivity contribution in [3.8, 4) is 0 Å². The third-order valence-electron chi connectivity index (χ3n) is 3.03. The van der Waals surface area contributed by atoms with Gasteiger partial charge in [0.25, 0.3) is 0 Å². The Morgan fingerprint density at radius 3 is 2.50 bits per heavy atom. The van der Waals surface area contributed by atoms with Crippen LogP contribution in [0.1, 0.15) is 47.0 Å². The van der Waals surface area contributed by atoms with Gasteiger partial charge in [0.05, 0.1) is 6.54 Å². The molecular formula is C13H25N3O2. The SMILES string of the molecule is CC1CCCCN1CC(=O)NC(=O)NC(C)(C)C. The van der Waals surface area contributed by atoms with Crippen LogP contribution >= 0.6 is 0 Å². The summed E-state index contributed by atoms with van der Waals surface area (Å²) in [5.74, 6) is -0.231. The molecule has 1 atom stereocenters. The second-order valence-electron chi connectivity index (χ2n) is 6.07. The molecule has 0 radical (unpaired) electrons. The van der Waals surface area contributed by atoms with Crippen LogP contribution in [0.25, 0.3) is 0 Å². The second kappa shape index (κ2) is 6.18. The minimum Gasteiger partial charge on any atom is -0.333 e. The maximum absolute atomic E-state index is 11.7. The molecule has 18 heavy (non-hydrogen) atoms. The number of hydrogen-bond acceptors (Lipinski definition) is 3. The minimum absolute atomic E-state index is 0.231. The number of amides is 3. The number of urea groups is 1. The Kier molecular flexibility index (Phi) is 5.14. The summed E-state index contributed by atoms with van der Waals surface area (Å²) in [6.45, 7) is 9.01. The third-order valence-corrected chi connectivity index (χ3v) is 3.03. The Balaban J connectivity index is 2.34. The first-order chi connectivity index (χ1) is 8.28. The number of likely N-dealkylation sites (tertiary alicyclic amines) is 1. The van der Waals surface area contributed by atoms with Crippen LogP contribution in [0.4, 0.5) is 4.79 Å². The van der Waals surface area contributed by atoms with Gasteiger partial charge < -0.3 is 5.32 Å². The maximum Gasteiger partial charge on any atom is 0.321 e. The van der Waals surface area contributed by atoms with Crippen molar-refractivity contribution in [2.24, 2.45) is 0 Å². The Morgan fingerprint density at radius 1 is 1.28 bits per heavy atom. The van der Waals surface area contributed by atoms with Crippen molar-refractivity contribution in [1.82, 2.24) is 15.5 Å². The lowest BCUT2D eigenvalue weighted by Gasteiger charge is -2.32. The van der Waals surface area contributed by atoms with E-state index in [-0.39, 0.29) is 11.4 Å². The minimum atomic E-state index is -0.419. The second-order valence-corrected chi connectivity index (χ2v) is 6.07. The van der Waals surface area contributed by atoms with Gasteiger partial charge in [-0.05, 0) is 47.1 Å². The summed E-state index contributed by atoms with van der Waals surface area (Å²) < 4.78 is 0. The van der Waals surface area contributed by atoms with Gasteiger partial charge in [0.1, 0.15) is 0 Å². The molecule has 3 amide bonds. The number of nitrogens with one attached hydrogen (secondary N) is 2. The van der Waals surface area contributed by atoms with Gasteiger partial charge in [0.15, 0.2) is 0 Å². The average Bonchev–Trinajstić information content (AvgIpc) is 2.18. The highest BCUT2D eigenvalue weighted by Crippen LogP contribution is 2.15. The van der Waals surface area contributed by atoms with E-state index in [4.69, 9.17) is 0 Å². The summed E-state index contributed by atoms with van der Waals surface area (Å²) in [6, 6.07) is 0.00680. The van der Waals surface area contributed by atoms with Gasteiger partial charge in [-0.1, -0.05) is 6.42 Å². The van der Waals surface area contributed by atoms with Crippen molar-refractivity contribution in [2.45, 2.75) is 58.5 Å². The molecule has 104 valence electrons. The van der Waals surface area contributed by atoms with Crippen LogP contribution in [0.5, 0.6) is 0 Å². The van der Waals surface area contributed by atoms with Crippen LogP contribution in [0.15, 0.2) is 0 Å². The maximum atomic E-state index is 11.7. The van der Waals surface area contributed by atoms with Crippen LogP contribution in [-0.4, -0.2) is 41.5 Å². The number of carbonyl (C=O) groups is 2. The molecule has 2 N–H and O–H groups in total. The summed E-state index contributed by atoms with van der Waals surface area (Å²) in [7, 11) is 0. The first kappa shape index (κ1) is 15.0. The number of piperidine rings is 1. The highest BCUT2D eigenvalue weighted by molar-refractivity contribution is 5.95. The Morgan fingerprint density at radius 2 is 1.94 bits per heavy atom. The van der Waals surface area contributed by atoms with Crippen molar-refractivity contribution >= 4 is 11.9 Å². The largest absolute Gasteiger partial charge is 0.333 e. The van der Waals surface area contributed by atoms with E-state index in [0.717, 1.165) is 19.4 Å². The zero-order valence-corrected chi connectivity index (χ0v) is 11.9. The molecule has 1 aliphatic heterocycles. The van der Waals surface area contributed by atoms with Crippen molar-refractivity contribution in [3.63, 3.8) is 0 Å². The first-order valence-electron chi connectivity index (χ1n) is 6.64. The van der Waals surface area contributed by atoms with Crippen molar-refractivity contribution in [3.05, 3.63) is 0 Å². The number of hydrogen-bond donors (Lipinski definition) is 2. The molecule has 1 saturated heterocycles. The van der Waals surface area contributed by atoms with E-state index in [1.165, 1.54) is 6.42 Å². The summed E-state index contributed by atoms with van der Waals surface area (Å²) >= 11 is 0. The number of carbonyl (C=O) groups excluding carboxylic acids is 2. The summed E-state index contributed by atoms with van der Waals surface area (Å²) in [5.41, 5.74) is -0.331. The topological polar surface area (TPSA) is 61.4 Å². The average molecular weight is 255 g/mol. The van der Waals surface area contributed by atoms with Gasteiger partial charge in [0, 0.05) is 11.6 Å². The molecule has 0 bridgehead atoms. The van der Waals surface area contributed by atoms with E-state index in [9.17, 15) is 9.59 Å². The molecule has 5 nitrogen and oxygen atoms in total. The molecule has 1 heterocycles. The van der Waals surface area contributed by atoms with E-state index in [2.05, 4.69) is 22.5 Å². The zero-order valence-electron chi connectivity index (χ0n) is 11.9. The standard InChI is InChI=1S/C13H25N3O2/c1-10-7-5-6-8-16(10)9-11(17)14-12(18)15-13(2,3)4/h10H,5-9H2,1-4H3,(H2,14,15,17,18). The fraction of sp³-hybridized carbons (Fsp3) is 0.846. The van der Waals surface area contributed by atoms with E-state index >= 15 is 0 Å². The zero-order chi connectivity index (χ0) is 13.8. The van der Waals surface area contributed by atoms with E-state index in [1.54, 1.807) is 0 Å². The molecule has 0 saturated carbocycles. The molecule has 1 unspecified atom stereocenters. The lowest BCUT2D eigenvalue weighted by Crippen LogP contribution is -2.51. The Labute approximate surface area is 109 Å². The molecule has 1 aliphatic rings. The van der Waals surface area contributed by atoms with Gasteiger partial charge >= 0.3 is 6.03 Å². The van der Waals surface area contributed by atoms with Gasteiger partial charge in [-0.2, -0.15) is 0 Å². The molecule has 0 aromatic rings. The van der Waals surface area contributed by atoms with E-state index in [0.29, 0.717) is 12.6 Å². The molecule has 1 fully saturated rings. The predicted molar refractivity (Wildman–Crippen MR) is 71.3 cm³/mol. The van der Waals surface area contributed by atoms with E-state index in [1.807, 2.05) is 20.8 Å². The predicted octanol–water partition coefficient (Wildman–Crippen LogP) is 1.49. The van der Waals surface area contributed by atoms with Gasteiger partial charge in [0.2, 0.25) is 5.91 Å². The normalized spacial score (nSPS) is 21.4. The summed E-state index contributed by atoms with van der Waals surface area (Å²) in [5, 5.41) is 5.08. The lowest BCUT2D eigenvalue weighted by atomic mass is 10.0. The highest BCUT2D eigenvalue weighted by Gasteiger charge is 2.22. The molecule has 0 aromatic heterocycles. The third kappa shape index (κ3) is 5.49. The fourth-order valence-electron chi connectivity index (χ4n) is 2.11. The number of rotatable bonds is 2. The van der Waals surface area contributed by atoms with Crippen LogP contribution in [0, 0.1) is 0 Å². The lowest BCUT2D eigenvalue weighted by molar-refractivity contribution is -0.122. The molecular weight excluding hydrogens is 230 g/mol.